The third-order valence-corrected chi connectivity index (χ3v) is 3.53. The Balaban J connectivity index is 2.63. The van der Waals surface area contributed by atoms with Crippen molar-refractivity contribution in [2.24, 2.45) is 16.6 Å². The summed E-state index contributed by atoms with van der Waals surface area (Å²) < 4.78 is 6.82. The maximum Gasteiger partial charge on any atom is 0.156 e. The number of ether oxygens (including phenoxy) is 1. The van der Waals surface area contributed by atoms with Gasteiger partial charge in [-0.1, -0.05) is 20.4 Å². The van der Waals surface area contributed by atoms with Crippen molar-refractivity contribution < 1.29 is 4.74 Å². The molecule has 0 fully saturated rings. The molecule has 0 aliphatic carbocycles. The van der Waals surface area contributed by atoms with Crippen molar-refractivity contribution in [3.63, 3.8) is 0 Å². The smallest absolute Gasteiger partial charge is 0.156 e. The standard InChI is InChI=1S/C15H23N5O/c1-5-15(11-16,21-4)8-6-12(2)10-18-14-7-9-19-20(14)13(3)17/h7,9-10,12H,3,5-6,8,17H2,1-2,4H3/b18-10+. The van der Waals surface area contributed by atoms with Crippen LogP contribution in [0, 0.1) is 17.2 Å². The molecule has 6 heteroatoms. The van der Waals surface area contributed by atoms with Gasteiger partial charge in [0.15, 0.2) is 11.4 Å². The molecule has 21 heavy (non-hydrogen) atoms. The molecule has 0 aromatic carbocycles. The van der Waals surface area contributed by atoms with E-state index in [9.17, 15) is 5.26 Å². The first-order valence-corrected chi connectivity index (χ1v) is 6.97. The Labute approximate surface area is 125 Å². The zero-order valence-electron chi connectivity index (χ0n) is 12.9. The second-order valence-corrected chi connectivity index (χ2v) is 5.05. The number of methoxy groups -OCH3 is 1. The molecule has 1 aromatic rings. The maximum atomic E-state index is 9.22. The summed E-state index contributed by atoms with van der Waals surface area (Å²) in [7, 11) is 1.58. The van der Waals surface area contributed by atoms with E-state index < -0.39 is 5.60 Å². The van der Waals surface area contributed by atoms with E-state index in [-0.39, 0.29) is 5.92 Å². The molecular formula is C15H23N5O. The number of nitriles is 1. The Hall–Kier alpha value is -2.13. The number of aromatic nitrogens is 2. The van der Waals surface area contributed by atoms with E-state index in [0.29, 0.717) is 24.5 Å². The van der Waals surface area contributed by atoms with Gasteiger partial charge >= 0.3 is 0 Å². The van der Waals surface area contributed by atoms with Gasteiger partial charge in [0.2, 0.25) is 0 Å². The lowest BCUT2D eigenvalue weighted by Gasteiger charge is -2.24. The van der Waals surface area contributed by atoms with Crippen molar-refractivity contribution >= 4 is 17.9 Å². The van der Waals surface area contributed by atoms with Crippen LogP contribution in [0.2, 0.25) is 0 Å². The molecule has 0 radical (unpaired) electrons. The summed E-state index contributed by atoms with van der Waals surface area (Å²) in [6.07, 6.45) is 5.62. The second-order valence-electron chi connectivity index (χ2n) is 5.05. The van der Waals surface area contributed by atoms with Crippen molar-refractivity contribution in [3.05, 3.63) is 18.8 Å². The van der Waals surface area contributed by atoms with Gasteiger partial charge in [-0.25, -0.2) is 9.67 Å². The van der Waals surface area contributed by atoms with Gasteiger partial charge in [-0.3, -0.25) is 0 Å². The summed E-state index contributed by atoms with van der Waals surface area (Å²) >= 11 is 0. The van der Waals surface area contributed by atoms with Crippen molar-refractivity contribution in [1.82, 2.24) is 9.78 Å². The van der Waals surface area contributed by atoms with E-state index in [4.69, 9.17) is 10.5 Å². The molecule has 2 atom stereocenters. The molecule has 2 N–H and O–H groups in total. The molecule has 2 unspecified atom stereocenters. The summed E-state index contributed by atoms with van der Waals surface area (Å²) in [5, 5.41) is 13.3. The quantitative estimate of drug-likeness (QED) is 0.745. The second kappa shape index (κ2) is 7.60. The molecule has 0 aliphatic rings. The lowest BCUT2D eigenvalue weighted by Crippen LogP contribution is -2.29. The predicted octanol–water partition coefficient (Wildman–Crippen LogP) is 2.71. The molecule has 1 aromatic heterocycles. The molecular weight excluding hydrogens is 266 g/mol. The number of aliphatic imine (C=N–C) groups is 1. The van der Waals surface area contributed by atoms with Gasteiger partial charge in [0, 0.05) is 19.4 Å². The molecule has 0 saturated heterocycles. The van der Waals surface area contributed by atoms with Crippen LogP contribution in [0.3, 0.4) is 0 Å². The van der Waals surface area contributed by atoms with E-state index in [0.717, 1.165) is 6.42 Å². The van der Waals surface area contributed by atoms with Crippen LogP contribution >= 0.6 is 0 Å². The zero-order chi connectivity index (χ0) is 15.9. The highest BCUT2D eigenvalue weighted by atomic mass is 16.5. The number of rotatable bonds is 8. The number of hydrogen-bond acceptors (Lipinski definition) is 5. The third kappa shape index (κ3) is 4.43. The SMILES string of the molecule is C=C(N)n1nccc1/N=C/C(C)CCC(C#N)(CC)OC. The average molecular weight is 289 g/mol. The van der Waals surface area contributed by atoms with E-state index in [1.165, 1.54) is 4.68 Å². The molecule has 0 saturated carbocycles. The average Bonchev–Trinajstić information content (AvgIpc) is 2.96. The highest BCUT2D eigenvalue weighted by Gasteiger charge is 2.27. The van der Waals surface area contributed by atoms with Gasteiger partial charge < -0.3 is 10.5 Å². The van der Waals surface area contributed by atoms with E-state index in [1.54, 1.807) is 19.4 Å². The van der Waals surface area contributed by atoms with Crippen molar-refractivity contribution in [2.45, 2.75) is 38.7 Å². The summed E-state index contributed by atoms with van der Waals surface area (Å²) in [5.41, 5.74) is 4.92. The van der Waals surface area contributed by atoms with Crippen LogP contribution in [0.1, 0.15) is 33.1 Å². The summed E-state index contributed by atoms with van der Waals surface area (Å²) in [6.45, 7) is 7.64. The van der Waals surface area contributed by atoms with Crippen LogP contribution in [-0.4, -0.2) is 28.7 Å². The Morgan fingerprint density at radius 2 is 2.48 bits per heavy atom. The molecule has 0 spiro atoms. The van der Waals surface area contributed by atoms with Crippen molar-refractivity contribution in [2.75, 3.05) is 7.11 Å². The van der Waals surface area contributed by atoms with Crippen LogP contribution in [0.5, 0.6) is 0 Å². The van der Waals surface area contributed by atoms with Gasteiger partial charge in [-0.05, 0) is 25.2 Å². The summed E-state index contributed by atoms with van der Waals surface area (Å²) in [6, 6.07) is 4.02. The molecule has 1 heterocycles. The maximum absolute atomic E-state index is 9.22. The van der Waals surface area contributed by atoms with Crippen LogP contribution in [-0.2, 0) is 4.74 Å². The Morgan fingerprint density at radius 1 is 1.76 bits per heavy atom. The fourth-order valence-corrected chi connectivity index (χ4v) is 1.96. The zero-order valence-corrected chi connectivity index (χ0v) is 12.9. The van der Waals surface area contributed by atoms with E-state index >= 15 is 0 Å². The molecule has 0 bridgehead atoms. The summed E-state index contributed by atoms with van der Waals surface area (Å²) in [4.78, 5) is 4.38. The largest absolute Gasteiger partial charge is 0.384 e. The van der Waals surface area contributed by atoms with Gasteiger partial charge in [-0.2, -0.15) is 10.4 Å². The number of nitrogens with zero attached hydrogens (tertiary/aromatic N) is 4. The lowest BCUT2D eigenvalue weighted by molar-refractivity contribution is 0.0255. The van der Waals surface area contributed by atoms with E-state index in [2.05, 4.69) is 29.7 Å². The van der Waals surface area contributed by atoms with Crippen LogP contribution in [0.15, 0.2) is 23.8 Å². The molecule has 0 amide bonds. The molecule has 6 nitrogen and oxygen atoms in total. The third-order valence-electron chi connectivity index (χ3n) is 3.53. The topological polar surface area (TPSA) is 89.2 Å². The van der Waals surface area contributed by atoms with E-state index in [1.807, 2.05) is 13.1 Å². The highest BCUT2D eigenvalue weighted by molar-refractivity contribution is 5.65. The van der Waals surface area contributed by atoms with Gasteiger partial charge in [0.1, 0.15) is 5.82 Å². The minimum atomic E-state index is -0.699. The Bertz CT molecular complexity index is 537. The van der Waals surface area contributed by atoms with Gasteiger partial charge in [0.25, 0.3) is 0 Å². The fourth-order valence-electron chi connectivity index (χ4n) is 1.96. The molecule has 114 valence electrons. The monoisotopic (exact) mass is 289 g/mol. The fraction of sp³-hybridized carbons (Fsp3) is 0.533. The van der Waals surface area contributed by atoms with Crippen molar-refractivity contribution in [1.29, 1.82) is 5.26 Å². The predicted molar refractivity (Wildman–Crippen MR) is 83.9 cm³/mol. The first kappa shape index (κ1) is 16.9. The van der Waals surface area contributed by atoms with Crippen molar-refractivity contribution in [3.8, 4) is 6.07 Å². The highest BCUT2D eigenvalue weighted by Crippen LogP contribution is 2.23. The van der Waals surface area contributed by atoms with Crippen LogP contribution in [0.4, 0.5) is 5.82 Å². The van der Waals surface area contributed by atoms with Crippen LogP contribution < -0.4 is 5.73 Å². The van der Waals surface area contributed by atoms with Gasteiger partial charge in [-0.15, -0.1) is 0 Å². The number of hydrogen-bond donors (Lipinski definition) is 1. The van der Waals surface area contributed by atoms with Crippen LogP contribution in [0.25, 0.3) is 5.82 Å². The number of nitrogens with two attached hydrogens (primary N) is 1. The van der Waals surface area contributed by atoms with Gasteiger partial charge in [0.05, 0.1) is 12.3 Å². The Kier molecular flexibility index (Phi) is 6.12. The normalized spacial score (nSPS) is 15.5. The molecule has 0 aliphatic heterocycles. The first-order valence-electron chi connectivity index (χ1n) is 6.97. The minimum Gasteiger partial charge on any atom is -0.384 e. The lowest BCUT2D eigenvalue weighted by atomic mass is 9.92. The minimum absolute atomic E-state index is 0.216. The first-order chi connectivity index (χ1) is 9.98. The Morgan fingerprint density at radius 3 is 3.00 bits per heavy atom. The summed E-state index contributed by atoms with van der Waals surface area (Å²) in [5.74, 6) is 1.19. The molecule has 1 rings (SSSR count).